The number of hydrogen-bond acceptors (Lipinski definition) is 8. The molecule has 2 unspecified atom stereocenters. The predicted octanol–water partition coefficient (Wildman–Crippen LogP) is 27.2. The van der Waals surface area contributed by atoms with Gasteiger partial charge in [-0.1, -0.05) is 389 Å². The minimum Gasteiger partial charge on any atom is -0.756 e. The van der Waals surface area contributed by atoms with Gasteiger partial charge in [-0.05, 0) is 83.5 Å². The van der Waals surface area contributed by atoms with Crippen molar-refractivity contribution < 1.29 is 42.1 Å². The lowest BCUT2D eigenvalue weighted by atomic mass is 10.0. The predicted molar refractivity (Wildman–Crippen MR) is 416 cm³/mol. The molecule has 0 bridgehead atoms. The lowest BCUT2D eigenvalue weighted by Gasteiger charge is -2.28. The van der Waals surface area contributed by atoms with Crippen LogP contribution >= 0.6 is 7.82 Å². The fourth-order valence-corrected chi connectivity index (χ4v) is 13.1. The Morgan fingerprint density at radius 3 is 0.885 bits per heavy atom. The third-order valence-corrected chi connectivity index (χ3v) is 19.7. The SMILES string of the molecule is CC/C=C\C/C=C\C/C=C\C/C=C\CCCCCCCCCCCCCCCCCCCCCCCCC(=O)OC(COC(=O)CCCCCCCCCCCCCCCCCCCCCCCCCCC/C=C\C/C=C\CCCCCCC)COP(=O)([O-])OCC[N+](C)(C)C. The Kier molecular flexibility index (Phi) is 74.6. The van der Waals surface area contributed by atoms with Crippen molar-refractivity contribution in [3.05, 3.63) is 72.9 Å². The first kappa shape index (κ1) is 93.5. The summed E-state index contributed by atoms with van der Waals surface area (Å²) in [4.78, 5) is 38.2. The molecule has 0 rings (SSSR count). The van der Waals surface area contributed by atoms with E-state index in [2.05, 4.69) is 86.8 Å². The third kappa shape index (κ3) is 80.4. The van der Waals surface area contributed by atoms with Gasteiger partial charge in [0.15, 0.2) is 6.10 Å². The van der Waals surface area contributed by atoms with Crippen LogP contribution in [0.1, 0.15) is 412 Å². The number of unbranched alkanes of at least 4 members (excludes halogenated alkanes) is 52. The second kappa shape index (κ2) is 76.6. The van der Waals surface area contributed by atoms with Gasteiger partial charge in [0, 0.05) is 12.8 Å². The molecule has 0 N–H and O–H groups in total. The number of phosphoric acid groups is 1. The van der Waals surface area contributed by atoms with Crippen LogP contribution in [0.3, 0.4) is 0 Å². The molecule has 10 heteroatoms. The fourth-order valence-electron chi connectivity index (χ4n) is 12.4. The van der Waals surface area contributed by atoms with Crippen LogP contribution in [0.2, 0.25) is 0 Å². The van der Waals surface area contributed by atoms with Crippen LogP contribution < -0.4 is 4.89 Å². The summed E-state index contributed by atoms with van der Waals surface area (Å²) in [7, 11) is 1.19. The topological polar surface area (TPSA) is 111 Å². The molecule has 2 atom stereocenters. The molecule has 0 saturated heterocycles. The molecule has 9 nitrogen and oxygen atoms in total. The van der Waals surface area contributed by atoms with E-state index >= 15 is 0 Å². The maximum Gasteiger partial charge on any atom is 0.306 e. The van der Waals surface area contributed by atoms with Crippen LogP contribution in [0.25, 0.3) is 0 Å². The highest BCUT2D eigenvalue weighted by atomic mass is 31.2. The zero-order valence-electron chi connectivity index (χ0n) is 64.3. The van der Waals surface area contributed by atoms with Crippen molar-refractivity contribution in [2.24, 2.45) is 0 Å². The molecule has 0 aliphatic rings. The molecule has 0 aromatic heterocycles. The molecule has 96 heavy (non-hydrogen) atoms. The van der Waals surface area contributed by atoms with Crippen LogP contribution in [-0.4, -0.2) is 70.0 Å². The average Bonchev–Trinajstić information content (AvgIpc) is 2.74. The lowest BCUT2D eigenvalue weighted by molar-refractivity contribution is -0.870. The Morgan fingerprint density at radius 2 is 0.594 bits per heavy atom. The summed E-state index contributed by atoms with van der Waals surface area (Å²) in [5, 5.41) is 0. The lowest BCUT2D eigenvalue weighted by Crippen LogP contribution is -2.37. The van der Waals surface area contributed by atoms with Gasteiger partial charge >= 0.3 is 11.9 Å². The number of rotatable bonds is 78. The number of hydrogen-bond donors (Lipinski definition) is 0. The normalized spacial score (nSPS) is 13.4. The smallest absolute Gasteiger partial charge is 0.306 e. The van der Waals surface area contributed by atoms with E-state index in [0.29, 0.717) is 17.4 Å². The number of carbonyl (C=O) groups is 2. The molecule has 0 spiro atoms. The zero-order chi connectivity index (χ0) is 69.7. The molecule has 0 aliphatic carbocycles. The van der Waals surface area contributed by atoms with Gasteiger partial charge in [0.25, 0.3) is 7.82 Å². The average molecular weight is 1370 g/mol. The maximum absolute atomic E-state index is 12.9. The molecule has 0 radical (unpaired) electrons. The molecule has 0 amide bonds. The molecule has 0 fully saturated rings. The van der Waals surface area contributed by atoms with Gasteiger partial charge in [-0.3, -0.25) is 14.2 Å². The van der Waals surface area contributed by atoms with Gasteiger partial charge in [0.05, 0.1) is 27.7 Å². The molecular weight excluding hydrogens is 1210 g/mol. The highest BCUT2D eigenvalue weighted by molar-refractivity contribution is 7.45. The summed E-state index contributed by atoms with van der Waals surface area (Å²) >= 11 is 0. The number of esters is 2. The molecule has 0 heterocycles. The number of likely N-dealkylation sites (N-methyl/N-ethyl adjacent to an activating group) is 1. The standard InChI is InChI=1S/C86H160NO8P/c1-6-8-10-12-14-16-18-20-22-24-26-28-30-32-34-36-38-40-42-43-45-46-48-50-52-54-56-58-60-62-64-66-68-70-72-74-76-78-85(88)92-82-84(83-94-96(90,91)93-81-80-87(3,4)5)95-86(89)79-77-75-73-71-69-67-65-63-61-59-57-55-53-51-49-47-44-41-39-37-35-33-31-29-27-25-23-21-19-17-15-13-11-9-7-2/h9,11,15,17-18,20-21,23-24,26-27,29,84H,6-8,10,12-14,16,19,22,25,28,30-83H2,1-5H3/b11-9-,17-15-,20-18-,23-21-,26-24-,29-27-. The minimum absolute atomic E-state index is 0.0287. The third-order valence-electron chi connectivity index (χ3n) is 18.7. The number of nitrogens with zero attached hydrogens (tertiary/aromatic N) is 1. The van der Waals surface area contributed by atoms with E-state index in [1.54, 1.807) is 0 Å². The van der Waals surface area contributed by atoms with Crippen LogP contribution in [0.5, 0.6) is 0 Å². The number of carbonyl (C=O) groups excluding carboxylic acids is 2. The molecule has 562 valence electrons. The second-order valence-corrected chi connectivity index (χ2v) is 30.9. The van der Waals surface area contributed by atoms with Crippen molar-refractivity contribution in [2.75, 3.05) is 47.5 Å². The fraction of sp³-hybridized carbons (Fsp3) is 0.837. The van der Waals surface area contributed by atoms with Gasteiger partial charge in [0.2, 0.25) is 0 Å². The molecule has 0 aromatic carbocycles. The van der Waals surface area contributed by atoms with Crippen molar-refractivity contribution in [3.63, 3.8) is 0 Å². The first-order chi connectivity index (χ1) is 47.0. The number of quaternary nitrogens is 1. The van der Waals surface area contributed by atoms with Crippen LogP contribution in [0.4, 0.5) is 0 Å². The van der Waals surface area contributed by atoms with Gasteiger partial charge < -0.3 is 27.9 Å². The zero-order valence-corrected chi connectivity index (χ0v) is 65.2. The Bertz CT molecular complexity index is 1850. The van der Waals surface area contributed by atoms with E-state index in [9.17, 15) is 19.0 Å². The first-order valence-electron chi connectivity index (χ1n) is 41.6. The van der Waals surface area contributed by atoms with Gasteiger partial charge in [-0.15, -0.1) is 0 Å². The number of allylic oxidation sites excluding steroid dienone is 12. The minimum atomic E-state index is -4.65. The van der Waals surface area contributed by atoms with E-state index in [-0.39, 0.29) is 32.0 Å². The molecule has 0 aliphatic heterocycles. The highest BCUT2D eigenvalue weighted by Gasteiger charge is 2.22. The highest BCUT2D eigenvalue weighted by Crippen LogP contribution is 2.38. The van der Waals surface area contributed by atoms with E-state index in [1.165, 1.54) is 315 Å². The Morgan fingerprint density at radius 1 is 0.333 bits per heavy atom. The maximum atomic E-state index is 12.9. The Balaban J connectivity index is 3.89. The van der Waals surface area contributed by atoms with Crippen LogP contribution in [0.15, 0.2) is 72.9 Å². The van der Waals surface area contributed by atoms with Gasteiger partial charge in [-0.25, -0.2) is 0 Å². The van der Waals surface area contributed by atoms with E-state index < -0.39 is 26.5 Å². The second-order valence-electron chi connectivity index (χ2n) is 29.5. The summed E-state index contributed by atoms with van der Waals surface area (Å²) in [6, 6.07) is 0. The van der Waals surface area contributed by atoms with Crippen molar-refractivity contribution in [3.8, 4) is 0 Å². The largest absolute Gasteiger partial charge is 0.756 e. The molecular formula is C86H160NO8P. The van der Waals surface area contributed by atoms with Crippen LogP contribution in [0, 0.1) is 0 Å². The monoisotopic (exact) mass is 1370 g/mol. The summed E-state index contributed by atoms with van der Waals surface area (Å²) in [5.74, 6) is -0.810. The van der Waals surface area contributed by atoms with E-state index in [4.69, 9.17) is 18.5 Å². The molecule has 0 saturated carbocycles. The van der Waals surface area contributed by atoms with Crippen LogP contribution in [-0.2, 0) is 32.7 Å². The Labute approximate surface area is 597 Å². The quantitative estimate of drug-likeness (QED) is 0.0195. The number of ether oxygens (including phenoxy) is 2. The Hall–Kier alpha value is -2.55. The van der Waals surface area contributed by atoms with Crippen molar-refractivity contribution in [1.82, 2.24) is 0 Å². The number of phosphoric ester groups is 1. The van der Waals surface area contributed by atoms with Gasteiger partial charge in [-0.2, -0.15) is 0 Å². The summed E-state index contributed by atoms with van der Waals surface area (Å²) in [6.07, 6.45) is 105. The first-order valence-corrected chi connectivity index (χ1v) is 43.1. The van der Waals surface area contributed by atoms with Crippen molar-refractivity contribution >= 4 is 19.8 Å². The van der Waals surface area contributed by atoms with Crippen molar-refractivity contribution in [2.45, 2.75) is 418 Å². The van der Waals surface area contributed by atoms with Crippen molar-refractivity contribution in [1.29, 1.82) is 0 Å². The summed E-state index contributed by atoms with van der Waals surface area (Å²) in [6.45, 7) is 4.19. The van der Waals surface area contributed by atoms with E-state index in [1.807, 2.05) is 21.1 Å². The van der Waals surface area contributed by atoms with Gasteiger partial charge in [0.1, 0.15) is 19.8 Å². The molecule has 0 aromatic rings. The summed E-state index contributed by atoms with van der Waals surface area (Å²) in [5.41, 5.74) is 0. The van der Waals surface area contributed by atoms with E-state index in [0.717, 1.165) is 64.2 Å². The summed E-state index contributed by atoms with van der Waals surface area (Å²) < 4.78 is 34.5.